The summed E-state index contributed by atoms with van der Waals surface area (Å²) in [4.78, 5) is 0.391. The van der Waals surface area contributed by atoms with Crippen molar-refractivity contribution in [3.8, 4) is 22.5 Å². The molecule has 0 bridgehead atoms. The van der Waals surface area contributed by atoms with Crippen molar-refractivity contribution < 1.29 is 0 Å². The Morgan fingerprint density at radius 3 is 1.76 bits per heavy atom. The summed E-state index contributed by atoms with van der Waals surface area (Å²) >= 11 is 3.82. The first kappa shape index (κ1) is 16.2. The number of hydrogen-bond donors (Lipinski definition) is 0. The fraction of sp³-hybridized carbons (Fsp3) is 0.130. The average Bonchev–Trinajstić information content (AvgIpc) is 3.10. The standard InChI is InChI=1S/C23H20BrN/c1-17-12-13-20(16-21(17)24)25-22(18-8-4-2-5-9-18)14-15-23(25)19-10-6-3-7-11-19/h2-15,21H,16H2,1H3. The topological polar surface area (TPSA) is 4.93 Å². The van der Waals surface area contributed by atoms with E-state index in [1.165, 1.54) is 33.8 Å². The molecule has 124 valence electrons. The fourth-order valence-corrected chi connectivity index (χ4v) is 3.81. The molecule has 1 aliphatic rings. The third-order valence-corrected chi connectivity index (χ3v) is 5.77. The molecule has 0 amide bonds. The Morgan fingerprint density at radius 2 is 1.28 bits per heavy atom. The van der Waals surface area contributed by atoms with E-state index < -0.39 is 0 Å². The molecule has 0 saturated heterocycles. The van der Waals surface area contributed by atoms with Gasteiger partial charge < -0.3 is 4.57 Å². The van der Waals surface area contributed by atoms with Gasteiger partial charge in [-0.1, -0.05) is 88.2 Å². The van der Waals surface area contributed by atoms with Crippen LogP contribution in [0.2, 0.25) is 0 Å². The largest absolute Gasteiger partial charge is 0.313 e. The SMILES string of the molecule is CC1=CC=C(n2c(-c3ccccc3)ccc2-c2ccccc2)CC1Br. The highest BCUT2D eigenvalue weighted by Crippen LogP contribution is 2.36. The normalized spacial score (nSPS) is 17.1. The monoisotopic (exact) mass is 389 g/mol. The number of aromatic nitrogens is 1. The van der Waals surface area contributed by atoms with Crippen LogP contribution < -0.4 is 0 Å². The molecule has 1 unspecified atom stereocenters. The van der Waals surface area contributed by atoms with E-state index in [0.717, 1.165) is 6.42 Å². The van der Waals surface area contributed by atoms with Crippen molar-refractivity contribution in [1.82, 2.24) is 4.57 Å². The predicted molar refractivity (Wildman–Crippen MR) is 111 cm³/mol. The zero-order chi connectivity index (χ0) is 17.2. The minimum Gasteiger partial charge on any atom is -0.313 e. The second-order valence-electron chi connectivity index (χ2n) is 6.41. The van der Waals surface area contributed by atoms with Gasteiger partial charge in [-0.15, -0.1) is 0 Å². The van der Waals surface area contributed by atoms with Crippen molar-refractivity contribution in [1.29, 1.82) is 0 Å². The van der Waals surface area contributed by atoms with Crippen LogP contribution in [0, 0.1) is 0 Å². The van der Waals surface area contributed by atoms with E-state index in [2.05, 4.69) is 112 Å². The van der Waals surface area contributed by atoms with Gasteiger partial charge in [0.1, 0.15) is 0 Å². The summed E-state index contributed by atoms with van der Waals surface area (Å²) in [6.45, 7) is 2.18. The van der Waals surface area contributed by atoms with Crippen LogP contribution in [0.15, 0.2) is 90.5 Å². The van der Waals surface area contributed by atoms with Gasteiger partial charge in [0.25, 0.3) is 0 Å². The highest BCUT2D eigenvalue weighted by Gasteiger charge is 2.20. The first-order valence-electron chi connectivity index (χ1n) is 8.58. The molecule has 25 heavy (non-hydrogen) atoms. The summed E-state index contributed by atoms with van der Waals surface area (Å²) in [5.74, 6) is 0. The van der Waals surface area contributed by atoms with E-state index in [1.807, 2.05) is 0 Å². The Bertz CT molecular complexity index is 876. The van der Waals surface area contributed by atoms with Crippen LogP contribution in [0.3, 0.4) is 0 Å². The van der Waals surface area contributed by atoms with Gasteiger partial charge in [0.2, 0.25) is 0 Å². The minimum atomic E-state index is 0.391. The number of nitrogens with zero attached hydrogens (tertiary/aromatic N) is 1. The van der Waals surface area contributed by atoms with Gasteiger partial charge >= 0.3 is 0 Å². The Kier molecular flexibility index (Phi) is 4.46. The lowest BCUT2D eigenvalue weighted by Gasteiger charge is -2.23. The summed E-state index contributed by atoms with van der Waals surface area (Å²) in [6.07, 6.45) is 5.46. The van der Waals surface area contributed by atoms with Crippen molar-refractivity contribution in [3.05, 3.63) is 90.5 Å². The molecule has 1 aromatic heterocycles. The second-order valence-corrected chi connectivity index (χ2v) is 7.52. The first-order chi connectivity index (χ1) is 12.2. The third kappa shape index (κ3) is 3.14. The predicted octanol–water partition coefficient (Wildman–Crippen LogP) is 6.78. The van der Waals surface area contributed by atoms with E-state index in [1.54, 1.807) is 0 Å². The van der Waals surface area contributed by atoms with Crippen LogP contribution in [0.1, 0.15) is 13.3 Å². The lowest BCUT2D eigenvalue weighted by Crippen LogP contribution is -2.11. The maximum atomic E-state index is 3.82. The average molecular weight is 390 g/mol. The van der Waals surface area contributed by atoms with E-state index in [9.17, 15) is 0 Å². The van der Waals surface area contributed by atoms with Crippen LogP contribution in [0.25, 0.3) is 28.2 Å². The number of halogens is 1. The molecule has 1 atom stereocenters. The van der Waals surface area contributed by atoms with E-state index >= 15 is 0 Å². The maximum Gasteiger partial charge on any atom is 0.0531 e. The Morgan fingerprint density at radius 1 is 0.760 bits per heavy atom. The molecule has 3 aromatic rings. The molecule has 0 spiro atoms. The lowest BCUT2D eigenvalue weighted by atomic mass is 10.0. The van der Waals surface area contributed by atoms with Gasteiger partial charge in [-0.05, 0) is 36.3 Å². The van der Waals surface area contributed by atoms with Crippen molar-refractivity contribution in [3.63, 3.8) is 0 Å². The number of hydrogen-bond acceptors (Lipinski definition) is 0. The van der Waals surface area contributed by atoms with Gasteiger partial charge in [0, 0.05) is 16.9 Å². The van der Waals surface area contributed by atoms with Crippen LogP contribution in [0.5, 0.6) is 0 Å². The molecule has 1 aliphatic carbocycles. The van der Waals surface area contributed by atoms with Crippen LogP contribution in [-0.2, 0) is 0 Å². The van der Waals surface area contributed by atoms with Gasteiger partial charge in [-0.25, -0.2) is 0 Å². The molecule has 0 saturated carbocycles. The number of alkyl halides is 1. The zero-order valence-electron chi connectivity index (χ0n) is 14.2. The van der Waals surface area contributed by atoms with Crippen molar-refractivity contribution >= 4 is 21.6 Å². The highest BCUT2D eigenvalue weighted by molar-refractivity contribution is 9.09. The smallest absolute Gasteiger partial charge is 0.0531 e. The summed E-state index contributed by atoms with van der Waals surface area (Å²) in [6, 6.07) is 25.7. The second kappa shape index (κ2) is 6.89. The van der Waals surface area contributed by atoms with Gasteiger partial charge in [-0.3, -0.25) is 0 Å². The molecular formula is C23H20BrN. The van der Waals surface area contributed by atoms with E-state index in [4.69, 9.17) is 0 Å². The summed E-state index contributed by atoms with van der Waals surface area (Å²) in [7, 11) is 0. The van der Waals surface area contributed by atoms with Crippen LogP contribution in [-0.4, -0.2) is 9.39 Å². The van der Waals surface area contributed by atoms with Crippen molar-refractivity contribution in [2.75, 3.05) is 0 Å². The number of allylic oxidation sites excluding steroid dienone is 4. The van der Waals surface area contributed by atoms with Gasteiger partial charge in [0.15, 0.2) is 0 Å². The molecule has 0 N–H and O–H groups in total. The quantitative estimate of drug-likeness (QED) is 0.435. The number of rotatable bonds is 3. The molecule has 1 heterocycles. The molecule has 1 nitrogen and oxygen atoms in total. The highest BCUT2D eigenvalue weighted by atomic mass is 79.9. The van der Waals surface area contributed by atoms with E-state index in [-0.39, 0.29) is 0 Å². The molecule has 2 heteroatoms. The molecular weight excluding hydrogens is 370 g/mol. The Labute approximate surface area is 157 Å². The van der Waals surface area contributed by atoms with Gasteiger partial charge in [0.05, 0.1) is 11.4 Å². The number of benzene rings is 2. The molecule has 0 aliphatic heterocycles. The first-order valence-corrected chi connectivity index (χ1v) is 9.50. The zero-order valence-corrected chi connectivity index (χ0v) is 15.8. The van der Waals surface area contributed by atoms with Gasteiger partial charge in [-0.2, -0.15) is 0 Å². The summed E-state index contributed by atoms with van der Waals surface area (Å²) < 4.78 is 2.40. The van der Waals surface area contributed by atoms with Crippen molar-refractivity contribution in [2.24, 2.45) is 0 Å². The summed E-state index contributed by atoms with van der Waals surface area (Å²) in [5.41, 5.74) is 7.64. The third-order valence-electron chi connectivity index (χ3n) is 4.73. The molecule has 0 radical (unpaired) electrons. The summed E-state index contributed by atoms with van der Waals surface area (Å²) in [5, 5.41) is 0. The lowest BCUT2D eigenvalue weighted by molar-refractivity contribution is 0.936. The van der Waals surface area contributed by atoms with Crippen molar-refractivity contribution in [2.45, 2.75) is 18.2 Å². The molecule has 0 fully saturated rings. The fourth-order valence-electron chi connectivity index (χ4n) is 3.33. The molecule has 2 aromatic carbocycles. The Hall–Kier alpha value is -2.32. The van der Waals surface area contributed by atoms with E-state index in [0.29, 0.717) is 4.83 Å². The van der Waals surface area contributed by atoms with Crippen LogP contribution >= 0.6 is 15.9 Å². The maximum absolute atomic E-state index is 3.82. The Balaban J connectivity index is 1.92. The molecule has 4 rings (SSSR count). The minimum absolute atomic E-state index is 0.391. The van der Waals surface area contributed by atoms with Crippen LogP contribution in [0.4, 0.5) is 0 Å².